The largest absolute Gasteiger partial charge is 0.396 e. The highest BCUT2D eigenvalue weighted by molar-refractivity contribution is 5.75. The Morgan fingerprint density at radius 3 is 2.68 bits per heavy atom. The Morgan fingerprint density at radius 2 is 2.11 bits per heavy atom. The van der Waals surface area contributed by atoms with Crippen LogP contribution in [0.15, 0.2) is 21.9 Å². The number of hydrogen-bond donors (Lipinski definition) is 1. The van der Waals surface area contributed by atoms with Crippen molar-refractivity contribution < 1.29 is 9.90 Å². The smallest absolute Gasteiger partial charge is 0.331 e. The van der Waals surface area contributed by atoms with Gasteiger partial charge in [0.2, 0.25) is 5.91 Å². The lowest BCUT2D eigenvalue weighted by atomic mass is 10.3. The fourth-order valence-corrected chi connectivity index (χ4v) is 1.70. The standard InChI is InChI=1S/C12H19N3O4/c1-3-14(6-4-8-16)11(18)9-15-7-5-10(17)13(2)12(15)19/h5,7,16H,3-4,6,8-9H2,1-2H3. The van der Waals surface area contributed by atoms with E-state index >= 15 is 0 Å². The second-order valence-electron chi connectivity index (χ2n) is 4.17. The zero-order valence-electron chi connectivity index (χ0n) is 11.2. The fraction of sp³-hybridized carbons (Fsp3) is 0.583. The lowest BCUT2D eigenvalue weighted by molar-refractivity contribution is -0.131. The minimum atomic E-state index is -0.515. The highest BCUT2D eigenvalue weighted by Gasteiger charge is 2.13. The van der Waals surface area contributed by atoms with Gasteiger partial charge in [-0.2, -0.15) is 0 Å². The minimum absolute atomic E-state index is 0.0174. The third kappa shape index (κ3) is 3.78. The zero-order chi connectivity index (χ0) is 14.4. The van der Waals surface area contributed by atoms with Gasteiger partial charge in [-0.25, -0.2) is 4.79 Å². The summed E-state index contributed by atoms with van der Waals surface area (Å²) in [7, 11) is 1.37. The zero-order valence-corrected chi connectivity index (χ0v) is 11.2. The van der Waals surface area contributed by atoms with E-state index in [4.69, 9.17) is 5.11 Å². The van der Waals surface area contributed by atoms with Crippen LogP contribution in [0, 0.1) is 0 Å². The number of carbonyl (C=O) groups is 1. The lowest BCUT2D eigenvalue weighted by Gasteiger charge is -2.20. The summed E-state index contributed by atoms with van der Waals surface area (Å²) in [5.41, 5.74) is -0.916. The van der Waals surface area contributed by atoms with Crippen LogP contribution < -0.4 is 11.2 Å². The van der Waals surface area contributed by atoms with Crippen LogP contribution in [-0.2, 0) is 18.4 Å². The molecule has 7 nitrogen and oxygen atoms in total. The van der Waals surface area contributed by atoms with Gasteiger partial charge in [-0.3, -0.25) is 18.7 Å². The SMILES string of the molecule is CCN(CCCO)C(=O)Cn1ccc(=O)n(C)c1=O. The van der Waals surface area contributed by atoms with Crippen LogP contribution in [0.2, 0.25) is 0 Å². The molecule has 1 N–H and O–H groups in total. The minimum Gasteiger partial charge on any atom is -0.396 e. The third-order valence-corrected chi connectivity index (χ3v) is 2.89. The van der Waals surface area contributed by atoms with Gasteiger partial charge >= 0.3 is 5.69 Å². The van der Waals surface area contributed by atoms with Gasteiger partial charge in [0, 0.05) is 39.0 Å². The van der Waals surface area contributed by atoms with Crippen molar-refractivity contribution in [2.24, 2.45) is 7.05 Å². The van der Waals surface area contributed by atoms with Crippen molar-refractivity contribution >= 4 is 5.91 Å². The number of hydrogen-bond acceptors (Lipinski definition) is 4. The summed E-state index contributed by atoms with van der Waals surface area (Å²) in [6, 6.07) is 1.25. The lowest BCUT2D eigenvalue weighted by Crippen LogP contribution is -2.41. The maximum Gasteiger partial charge on any atom is 0.331 e. The third-order valence-electron chi connectivity index (χ3n) is 2.89. The molecule has 1 amide bonds. The first-order valence-corrected chi connectivity index (χ1v) is 6.16. The molecule has 0 saturated carbocycles. The molecule has 0 atom stereocenters. The normalized spacial score (nSPS) is 10.5. The van der Waals surface area contributed by atoms with E-state index in [1.54, 1.807) is 4.90 Å². The van der Waals surface area contributed by atoms with Gasteiger partial charge in [0.1, 0.15) is 6.54 Å². The molecule has 19 heavy (non-hydrogen) atoms. The Bertz CT molecular complexity index is 547. The Morgan fingerprint density at radius 1 is 1.42 bits per heavy atom. The van der Waals surface area contributed by atoms with Crippen LogP contribution in [0.3, 0.4) is 0 Å². The summed E-state index contributed by atoms with van der Waals surface area (Å²) in [5.74, 6) is -0.211. The second kappa shape index (κ2) is 6.89. The van der Waals surface area contributed by atoms with Crippen molar-refractivity contribution in [3.05, 3.63) is 33.1 Å². The molecule has 0 saturated heterocycles. The topological polar surface area (TPSA) is 84.5 Å². The molecule has 106 valence electrons. The van der Waals surface area contributed by atoms with Gasteiger partial charge in [-0.15, -0.1) is 0 Å². The molecule has 0 bridgehead atoms. The molecule has 0 unspecified atom stereocenters. The average molecular weight is 269 g/mol. The molecule has 7 heteroatoms. The van der Waals surface area contributed by atoms with Crippen LogP contribution in [-0.4, -0.2) is 44.7 Å². The Hall–Kier alpha value is -1.89. The van der Waals surface area contributed by atoms with Crippen molar-refractivity contribution in [1.82, 2.24) is 14.0 Å². The van der Waals surface area contributed by atoms with Gasteiger partial charge in [0.15, 0.2) is 0 Å². The van der Waals surface area contributed by atoms with Crippen LogP contribution in [0.5, 0.6) is 0 Å². The molecule has 0 aliphatic rings. The van der Waals surface area contributed by atoms with Crippen molar-refractivity contribution in [3.8, 4) is 0 Å². The Labute approximate surface area is 110 Å². The molecule has 0 aliphatic carbocycles. The van der Waals surface area contributed by atoms with Gasteiger partial charge < -0.3 is 10.0 Å². The van der Waals surface area contributed by atoms with E-state index in [1.807, 2.05) is 6.92 Å². The molecule has 0 spiro atoms. The number of aromatic nitrogens is 2. The first-order valence-electron chi connectivity index (χ1n) is 6.16. The first-order chi connectivity index (χ1) is 9.01. The average Bonchev–Trinajstić information content (AvgIpc) is 2.40. The molecule has 1 aromatic heterocycles. The highest BCUT2D eigenvalue weighted by Crippen LogP contribution is 1.94. The molecule has 0 fully saturated rings. The number of aliphatic hydroxyl groups is 1. The molecule has 0 aliphatic heterocycles. The summed E-state index contributed by atoms with van der Waals surface area (Å²) in [6.07, 6.45) is 1.82. The van der Waals surface area contributed by atoms with E-state index < -0.39 is 11.2 Å². The summed E-state index contributed by atoms with van der Waals surface area (Å²) < 4.78 is 2.16. The van der Waals surface area contributed by atoms with Crippen LogP contribution in [0.25, 0.3) is 0 Å². The maximum atomic E-state index is 12.0. The number of likely N-dealkylation sites (N-methyl/N-ethyl adjacent to an activating group) is 1. The molecule has 1 rings (SSSR count). The van der Waals surface area contributed by atoms with Crippen LogP contribution in [0.1, 0.15) is 13.3 Å². The van der Waals surface area contributed by atoms with E-state index in [9.17, 15) is 14.4 Å². The maximum absolute atomic E-state index is 12.0. The van der Waals surface area contributed by atoms with E-state index in [0.29, 0.717) is 19.5 Å². The highest BCUT2D eigenvalue weighted by atomic mass is 16.3. The quantitative estimate of drug-likeness (QED) is 0.701. The molecular formula is C12H19N3O4. The second-order valence-corrected chi connectivity index (χ2v) is 4.17. The predicted octanol–water partition coefficient (Wildman–Crippen LogP) is -1.22. The van der Waals surface area contributed by atoms with E-state index in [-0.39, 0.29) is 19.1 Å². The number of carbonyl (C=O) groups excluding carboxylic acids is 1. The monoisotopic (exact) mass is 269 g/mol. The van der Waals surface area contributed by atoms with E-state index in [0.717, 1.165) is 4.57 Å². The first kappa shape index (κ1) is 15.2. The van der Waals surface area contributed by atoms with Crippen molar-refractivity contribution in [1.29, 1.82) is 0 Å². The van der Waals surface area contributed by atoms with E-state index in [1.165, 1.54) is 23.9 Å². The van der Waals surface area contributed by atoms with Crippen molar-refractivity contribution in [3.63, 3.8) is 0 Å². The summed E-state index contributed by atoms with van der Waals surface area (Å²) in [5, 5.41) is 8.76. The van der Waals surface area contributed by atoms with Gasteiger partial charge in [0.05, 0.1) is 0 Å². The molecule has 1 heterocycles. The fourth-order valence-electron chi connectivity index (χ4n) is 1.70. The van der Waals surface area contributed by atoms with Crippen LogP contribution >= 0.6 is 0 Å². The van der Waals surface area contributed by atoms with Gasteiger partial charge in [-0.05, 0) is 13.3 Å². The van der Waals surface area contributed by atoms with Gasteiger partial charge in [0.25, 0.3) is 5.56 Å². The molecule has 0 radical (unpaired) electrons. The summed E-state index contributed by atoms with van der Waals surface area (Å²) >= 11 is 0. The van der Waals surface area contributed by atoms with Crippen LogP contribution in [0.4, 0.5) is 0 Å². The van der Waals surface area contributed by atoms with Gasteiger partial charge in [-0.1, -0.05) is 0 Å². The summed E-state index contributed by atoms with van der Waals surface area (Å²) in [4.78, 5) is 36.6. The van der Waals surface area contributed by atoms with Crippen molar-refractivity contribution in [2.45, 2.75) is 19.9 Å². The summed E-state index contributed by atoms with van der Waals surface area (Å²) in [6.45, 7) is 2.71. The molecule has 1 aromatic rings. The number of aliphatic hydroxyl groups excluding tert-OH is 1. The number of rotatable bonds is 6. The Kier molecular flexibility index (Phi) is 5.50. The Balaban J connectivity index is 2.84. The predicted molar refractivity (Wildman–Crippen MR) is 69.9 cm³/mol. The number of nitrogens with zero attached hydrogens (tertiary/aromatic N) is 3. The van der Waals surface area contributed by atoms with E-state index in [2.05, 4.69) is 0 Å². The number of amides is 1. The van der Waals surface area contributed by atoms with Crippen molar-refractivity contribution in [2.75, 3.05) is 19.7 Å². The molecule has 0 aromatic carbocycles. The molecular weight excluding hydrogens is 250 g/mol.